The standard InChI is InChI=1S/C27H19FN4O2/c28-20-11-6-18(7-12-20)26(33)30-22-13-8-17(9-14-22)25-31-23-15-10-19(16-24(23)32-25)27(34)29-21-4-2-1-3-5-21/h1-16H,(H,29,34)(H,30,33)(H,31,32). The van der Waals surface area contributed by atoms with E-state index in [0.29, 0.717) is 28.2 Å². The van der Waals surface area contributed by atoms with Crippen LogP contribution in [-0.4, -0.2) is 21.8 Å². The van der Waals surface area contributed by atoms with Crippen LogP contribution in [0.3, 0.4) is 0 Å². The lowest BCUT2D eigenvalue weighted by molar-refractivity contribution is 0.101. The quantitative estimate of drug-likeness (QED) is 0.313. The smallest absolute Gasteiger partial charge is 0.255 e. The van der Waals surface area contributed by atoms with E-state index in [1.165, 1.54) is 24.3 Å². The summed E-state index contributed by atoms with van der Waals surface area (Å²) in [5.74, 6) is -0.278. The van der Waals surface area contributed by atoms with E-state index in [4.69, 9.17) is 0 Å². The van der Waals surface area contributed by atoms with Gasteiger partial charge in [-0.25, -0.2) is 9.37 Å². The summed E-state index contributed by atoms with van der Waals surface area (Å²) in [6.45, 7) is 0. The Morgan fingerprint density at radius 3 is 2.03 bits per heavy atom. The number of para-hydroxylation sites is 1. The zero-order valence-electron chi connectivity index (χ0n) is 17.9. The lowest BCUT2D eigenvalue weighted by Crippen LogP contribution is -2.11. The average Bonchev–Trinajstić information content (AvgIpc) is 3.29. The van der Waals surface area contributed by atoms with Gasteiger partial charge in [0.25, 0.3) is 11.8 Å². The number of carbonyl (C=O) groups is 2. The van der Waals surface area contributed by atoms with E-state index in [9.17, 15) is 14.0 Å². The molecule has 1 aromatic heterocycles. The molecule has 7 heteroatoms. The number of H-pyrrole nitrogens is 1. The van der Waals surface area contributed by atoms with Gasteiger partial charge in [0, 0.05) is 28.1 Å². The number of hydrogen-bond donors (Lipinski definition) is 3. The van der Waals surface area contributed by atoms with Crippen LogP contribution in [0.15, 0.2) is 97.1 Å². The summed E-state index contributed by atoms with van der Waals surface area (Å²) >= 11 is 0. The summed E-state index contributed by atoms with van der Waals surface area (Å²) in [4.78, 5) is 32.8. The van der Waals surface area contributed by atoms with Crippen molar-refractivity contribution in [2.24, 2.45) is 0 Å². The van der Waals surface area contributed by atoms with Crippen LogP contribution in [0.2, 0.25) is 0 Å². The molecular weight excluding hydrogens is 431 g/mol. The lowest BCUT2D eigenvalue weighted by atomic mass is 10.1. The number of fused-ring (bicyclic) bond motifs is 1. The minimum Gasteiger partial charge on any atom is -0.338 e. The summed E-state index contributed by atoms with van der Waals surface area (Å²) in [7, 11) is 0. The minimum atomic E-state index is -0.393. The summed E-state index contributed by atoms with van der Waals surface area (Å²) in [5, 5.41) is 5.65. The van der Waals surface area contributed by atoms with Crippen LogP contribution < -0.4 is 10.6 Å². The molecule has 0 saturated heterocycles. The fourth-order valence-electron chi connectivity index (χ4n) is 3.52. The fraction of sp³-hybridized carbons (Fsp3) is 0. The van der Waals surface area contributed by atoms with E-state index in [1.807, 2.05) is 48.5 Å². The Morgan fingerprint density at radius 1 is 0.706 bits per heavy atom. The number of hydrogen-bond acceptors (Lipinski definition) is 3. The normalized spacial score (nSPS) is 10.7. The average molecular weight is 450 g/mol. The number of aromatic amines is 1. The van der Waals surface area contributed by atoms with Crippen molar-refractivity contribution in [1.29, 1.82) is 0 Å². The first kappa shape index (κ1) is 21.1. The Bertz CT molecular complexity index is 1480. The van der Waals surface area contributed by atoms with Crippen LogP contribution in [-0.2, 0) is 0 Å². The second kappa shape index (κ2) is 8.99. The van der Waals surface area contributed by atoms with E-state index in [2.05, 4.69) is 20.6 Å². The Hall–Kier alpha value is -4.78. The zero-order valence-corrected chi connectivity index (χ0v) is 17.9. The third-order valence-electron chi connectivity index (χ3n) is 5.30. The van der Waals surface area contributed by atoms with Crippen LogP contribution in [0, 0.1) is 5.82 Å². The van der Waals surface area contributed by atoms with Crippen LogP contribution in [0.1, 0.15) is 20.7 Å². The van der Waals surface area contributed by atoms with Crippen molar-refractivity contribution in [3.05, 3.63) is 114 Å². The first-order valence-electron chi connectivity index (χ1n) is 10.6. The predicted molar refractivity (Wildman–Crippen MR) is 130 cm³/mol. The molecule has 5 rings (SSSR count). The van der Waals surface area contributed by atoms with E-state index < -0.39 is 5.82 Å². The Balaban J connectivity index is 1.31. The minimum absolute atomic E-state index is 0.209. The monoisotopic (exact) mass is 450 g/mol. The second-order valence-corrected chi connectivity index (χ2v) is 7.68. The van der Waals surface area contributed by atoms with Gasteiger partial charge in [-0.15, -0.1) is 0 Å². The molecule has 0 atom stereocenters. The molecule has 3 N–H and O–H groups in total. The van der Waals surface area contributed by atoms with Gasteiger partial charge in [0.05, 0.1) is 11.0 Å². The summed E-state index contributed by atoms with van der Waals surface area (Å²) < 4.78 is 13.0. The van der Waals surface area contributed by atoms with E-state index in [0.717, 1.165) is 16.8 Å². The molecule has 0 radical (unpaired) electrons. The largest absolute Gasteiger partial charge is 0.338 e. The van der Waals surface area contributed by atoms with Crippen molar-refractivity contribution >= 4 is 34.2 Å². The summed E-state index contributed by atoms with van der Waals surface area (Å²) in [6.07, 6.45) is 0. The predicted octanol–water partition coefficient (Wildman–Crippen LogP) is 5.87. The maximum Gasteiger partial charge on any atom is 0.255 e. The molecule has 0 aliphatic carbocycles. The molecule has 2 amide bonds. The molecule has 34 heavy (non-hydrogen) atoms. The molecule has 0 saturated carbocycles. The second-order valence-electron chi connectivity index (χ2n) is 7.68. The molecule has 1 heterocycles. The lowest BCUT2D eigenvalue weighted by Gasteiger charge is -2.06. The number of rotatable bonds is 5. The molecule has 0 unspecified atom stereocenters. The maximum atomic E-state index is 13.0. The number of anilines is 2. The van der Waals surface area contributed by atoms with Gasteiger partial charge in [-0.2, -0.15) is 0 Å². The van der Waals surface area contributed by atoms with Gasteiger partial charge in [-0.1, -0.05) is 18.2 Å². The SMILES string of the molecule is O=C(Nc1ccc(-c2nc3cc(C(=O)Nc4ccccc4)ccc3[nH]2)cc1)c1ccc(F)cc1. The van der Waals surface area contributed by atoms with Crippen LogP contribution in [0.25, 0.3) is 22.4 Å². The Labute approximate surface area is 194 Å². The first-order valence-corrected chi connectivity index (χ1v) is 10.6. The molecule has 4 aromatic carbocycles. The molecule has 0 aliphatic rings. The topological polar surface area (TPSA) is 86.9 Å². The van der Waals surface area contributed by atoms with E-state index >= 15 is 0 Å². The summed E-state index contributed by atoms with van der Waals surface area (Å²) in [6, 6.07) is 27.1. The van der Waals surface area contributed by atoms with Gasteiger partial charge in [0.15, 0.2) is 0 Å². The number of nitrogens with zero attached hydrogens (tertiary/aromatic N) is 1. The number of carbonyl (C=O) groups excluding carboxylic acids is 2. The van der Waals surface area contributed by atoms with Crippen molar-refractivity contribution in [3.63, 3.8) is 0 Å². The number of amides is 2. The van der Waals surface area contributed by atoms with Crippen molar-refractivity contribution in [2.45, 2.75) is 0 Å². The molecule has 0 spiro atoms. The zero-order chi connectivity index (χ0) is 23.5. The van der Waals surface area contributed by atoms with Crippen LogP contribution in [0.5, 0.6) is 0 Å². The number of aromatic nitrogens is 2. The highest BCUT2D eigenvalue weighted by atomic mass is 19.1. The van der Waals surface area contributed by atoms with Gasteiger partial charge in [-0.05, 0) is 78.9 Å². The Kier molecular flexibility index (Phi) is 5.58. The first-order chi connectivity index (χ1) is 16.5. The molecule has 0 bridgehead atoms. The summed E-state index contributed by atoms with van der Waals surface area (Å²) in [5.41, 5.74) is 4.51. The number of halogens is 1. The number of imidazole rings is 1. The van der Waals surface area contributed by atoms with Crippen molar-refractivity contribution in [1.82, 2.24) is 9.97 Å². The fourth-order valence-corrected chi connectivity index (χ4v) is 3.52. The van der Waals surface area contributed by atoms with Crippen molar-refractivity contribution in [3.8, 4) is 11.4 Å². The van der Waals surface area contributed by atoms with Gasteiger partial charge in [-0.3, -0.25) is 9.59 Å². The highest BCUT2D eigenvalue weighted by Crippen LogP contribution is 2.23. The van der Waals surface area contributed by atoms with Gasteiger partial charge in [0.2, 0.25) is 0 Å². The van der Waals surface area contributed by atoms with E-state index in [-0.39, 0.29) is 11.8 Å². The van der Waals surface area contributed by atoms with Crippen LogP contribution in [0.4, 0.5) is 15.8 Å². The third kappa shape index (κ3) is 4.54. The third-order valence-corrected chi connectivity index (χ3v) is 5.30. The highest BCUT2D eigenvalue weighted by Gasteiger charge is 2.11. The van der Waals surface area contributed by atoms with Crippen molar-refractivity contribution in [2.75, 3.05) is 10.6 Å². The van der Waals surface area contributed by atoms with Crippen molar-refractivity contribution < 1.29 is 14.0 Å². The van der Waals surface area contributed by atoms with Gasteiger partial charge >= 0.3 is 0 Å². The Morgan fingerprint density at radius 2 is 1.32 bits per heavy atom. The van der Waals surface area contributed by atoms with Crippen LogP contribution >= 0.6 is 0 Å². The molecule has 6 nitrogen and oxygen atoms in total. The number of benzene rings is 4. The molecular formula is C27H19FN4O2. The molecule has 0 fully saturated rings. The molecule has 5 aromatic rings. The van der Waals surface area contributed by atoms with Gasteiger partial charge in [0.1, 0.15) is 11.6 Å². The van der Waals surface area contributed by atoms with Gasteiger partial charge < -0.3 is 15.6 Å². The molecule has 0 aliphatic heterocycles. The highest BCUT2D eigenvalue weighted by molar-refractivity contribution is 6.06. The number of nitrogens with one attached hydrogen (secondary N) is 3. The van der Waals surface area contributed by atoms with E-state index in [1.54, 1.807) is 24.3 Å². The molecule has 166 valence electrons. The maximum absolute atomic E-state index is 13.0.